The number of benzene rings is 1. The van der Waals surface area contributed by atoms with Crippen LogP contribution in [0.15, 0.2) is 30.3 Å². The predicted molar refractivity (Wildman–Crippen MR) is 91.5 cm³/mol. The molecule has 0 unspecified atom stereocenters. The second kappa shape index (κ2) is 7.93. The molecule has 0 spiro atoms. The lowest BCUT2D eigenvalue weighted by atomic mass is 9.73. The fraction of sp³-hybridized carbons (Fsp3) is 0.632. The van der Waals surface area contributed by atoms with Gasteiger partial charge in [0, 0.05) is 19.8 Å². The van der Waals surface area contributed by atoms with Gasteiger partial charge >= 0.3 is 0 Å². The van der Waals surface area contributed by atoms with Gasteiger partial charge in [-0.05, 0) is 57.3 Å². The van der Waals surface area contributed by atoms with Crippen molar-refractivity contribution in [1.82, 2.24) is 10.2 Å². The molecule has 0 aromatic heterocycles. The van der Waals surface area contributed by atoms with Crippen LogP contribution in [0.1, 0.15) is 37.7 Å². The third-order valence-electron chi connectivity index (χ3n) is 5.24. The van der Waals surface area contributed by atoms with Gasteiger partial charge in [-0.15, -0.1) is 0 Å². The van der Waals surface area contributed by atoms with E-state index in [1.54, 1.807) is 0 Å². The fourth-order valence-electron chi connectivity index (χ4n) is 3.80. The summed E-state index contributed by atoms with van der Waals surface area (Å²) in [6.07, 6.45) is 5.23. The maximum absolute atomic E-state index is 12.9. The van der Waals surface area contributed by atoms with Crippen LogP contribution in [0.2, 0.25) is 0 Å². The van der Waals surface area contributed by atoms with Crippen molar-refractivity contribution in [3.63, 3.8) is 0 Å². The number of rotatable bonds is 6. The normalized spacial score (nSPS) is 21.2. The van der Waals surface area contributed by atoms with Crippen LogP contribution in [0, 0.1) is 0 Å². The molecule has 126 valence electrons. The lowest BCUT2D eigenvalue weighted by Crippen LogP contribution is -2.48. The third kappa shape index (κ3) is 3.93. The van der Waals surface area contributed by atoms with Gasteiger partial charge < -0.3 is 15.0 Å². The highest BCUT2D eigenvalue weighted by Crippen LogP contribution is 2.35. The van der Waals surface area contributed by atoms with Crippen molar-refractivity contribution in [1.29, 1.82) is 0 Å². The maximum atomic E-state index is 12.9. The lowest BCUT2D eigenvalue weighted by Gasteiger charge is -2.36. The standard InChI is InChI=1S/C19H28N2O2/c22-18(20-11-6-14-21-12-4-5-13-21)19(9-15-23-16-10-19)17-7-2-1-3-8-17/h1-3,7-8H,4-6,9-16H2,(H,20,22). The van der Waals surface area contributed by atoms with E-state index in [9.17, 15) is 4.79 Å². The summed E-state index contributed by atoms with van der Waals surface area (Å²) in [6.45, 7) is 5.64. The van der Waals surface area contributed by atoms with Crippen LogP contribution < -0.4 is 5.32 Å². The SMILES string of the molecule is O=C(NCCCN1CCCC1)C1(c2ccccc2)CCOCC1. The lowest BCUT2D eigenvalue weighted by molar-refractivity contribution is -0.130. The molecule has 23 heavy (non-hydrogen) atoms. The molecule has 1 amide bonds. The van der Waals surface area contributed by atoms with Crippen molar-refractivity contribution in [3.8, 4) is 0 Å². The Kier molecular flexibility index (Phi) is 5.68. The first-order chi connectivity index (χ1) is 11.3. The van der Waals surface area contributed by atoms with Crippen LogP contribution in [0.3, 0.4) is 0 Å². The van der Waals surface area contributed by atoms with Crippen LogP contribution >= 0.6 is 0 Å². The van der Waals surface area contributed by atoms with Crippen LogP contribution in [0.5, 0.6) is 0 Å². The van der Waals surface area contributed by atoms with E-state index < -0.39 is 5.41 Å². The van der Waals surface area contributed by atoms with Crippen molar-refractivity contribution >= 4 is 5.91 Å². The van der Waals surface area contributed by atoms with Gasteiger partial charge in [0.2, 0.25) is 5.91 Å². The van der Waals surface area contributed by atoms with E-state index in [-0.39, 0.29) is 5.91 Å². The number of amides is 1. The second-order valence-corrected chi connectivity index (χ2v) is 6.72. The highest BCUT2D eigenvalue weighted by atomic mass is 16.5. The van der Waals surface area contributed by atoms with Gasteiger partial charge in [0.25, 0.3) is 0 Å². The van der Waals surface area contributed by atoms with Crippen LogP contribution in [0.25, 0.3) is 0 Å². The van der Waals surface area contributed by atoms with Crippen molar-refractivity contribution < 1.29 is 9.53 Å². The number of nitrogens with zero attached hydrogens (tertiary/aromatic N) is 1. The highest BCUT2D eigenvalue weighted by molar-refractivity contribution is 5.88. The molecular weight excluding hydrogens is 288 g/mol. The van der Waals surface area contributed by atoms with Gasteiger partial charge in [0.1, 0.15) is 0 Å². The van der Waals surface area contributed by atoms with Crippen molar-refractivity contribution in [3.05, 3.63) is 35.9 Å². The van der Waals surface area contributed by atoms with E-state index >= 15 is 0 Å². The average molecular weight is 316 g/mol. The van der Waals surface area contributed by atoms with Gasteiger partial charge in [0.05, 0.1) is 5.41 Å². The molecule has 2 heterocycles. The number of hydrogen-bond donors (Lipinski definition) is 1. The molecule has 0 aliphatic carbocycles. The highest BCUT2D eigenvalue weighted by Gasteiger charge is 2.41. The number of likely N-dealkylation sites (tertiary alicyclic amines) is 1. The van der Waals surface area contributed by atoms with E-state index in [1.807, 2.05) is 18.2 Å². The molecule has 0 atom stereocenters. The first-order valence-corrected chi connectivity index (χ1v) is 8.95. The summed E-state index contributed by atoms with van der Waals surface area (Å²) in [5.74, 6) is 0.174. The molecule has 2 saturated heterocycles. The number of carbonyl (C=O) groups excluding carboxylic acids is 1. The van der Waals surface area contributed by atoms with E-state index in [0.29, 0.717) is 13.2 Å². The minimum Gasteiger partial charge on any atom is -0.381 e. The zero-order valence-corrected chi connectivity index (χ0v) is 13.9. The van der Waals surface area contributed by atoms with E-state index in [1.165, 1.54) is 25.9 Å². The monoisotopic (exact) mass is 316 g/mol. The summed E-state index contributed by atoms with van der Waals surface area (Å²) in [6, 6.07) is 10.2. The molecular formula is C19H28N2O2. The number of carbonyl (C=O) groups is 1. The molecule has 4 heteroatoms. The minimum absolute atomic E-state index is 0.174. The minimum atomic E-state index is -0.410. The topological polar surface area (TPSA) is 41.6 Å². The Balaban J connectivity index is 1.57. The first kappa shape index (κ1) is 16.5. The smallest absolute Gasteiger partial charge is 0.230 e. The molecule has 3 rings (SSSR count). The molecule has 0 bridgehead atoms. The molecule has 2 aliphatic rings. The molecule has 0 radical (unpaired) electrons. The zero-order chi connectivity index (χ0) is 16.0. The van der Waals surface area contributed by atoms with Crippen molar-refractivity contribution in [2.45, 2.75) is 37.5 Å². The van der Waals surface area contributed by atoms with E-state index in [4.69, 9.17) is 4.74 Å². The maximum Gasteiger partial charge on any atom is 0.230 e. The van der Waals surface area contributed by atoms with Crippen LogP contribution in [0.4, 0.5) is 0 Å². The van der Waals surface area contributed by atoms with Gasteiger partial charge in [0.15, 0.2) is 0 Å². The molecule has 0 saturated carbocycles. The van der Waals surface area contributed by atoms with Gasteiger partial charge in [-0.2, -0.15) is 0 Å². The first-order valence-electron chi connectivity index (χ1n) is 8.95. The molecule has 1 N–H and O–H groups in total. The Morgan fingerprint density at radius 1 is 1.13 bits per heavy atom. The Labute approximate surface area is 139 Å². The summed E-state index contributed by atoms with van der Waals surface area (Å²) in [5.41, 5.74) is 0.716. The van der Waals surface area contributed by atoms with Crippen LogP contribution in [-0.2, 0) is 14.9 Å². The quantitative estimate of drug-likeness (QED) is 0.819. The third-order valence-corrected chi connectivity index (χ3v) is 5.24. The zero-order valence-electron chi connectivity index (χ0n) is 13.9. The summed E-state index contributed by atoms with van der Waals surface area (Å²) >= 11 is 0. The summed E-state index contributed by atoms with van der Waals surface area (Å²) in [5, 5.41) is 3.19. The molecule has 2 fully saturated rings. The van der Waals surface area contributed by atoms with Gasteiger partial charge in [-0.3, -0.25) is 4.79 Å². The van der Waals surface area contributed by atoms with Crippen LogP contribution in [-0.4, -0.2) is 50.2 Å². The Morgan fingerprint density at radius 3 is 2.52 bits per heavy atom. The van der Waals surface area contributed by atoms with Crippen molar-refractivity contribution in [2.24, 2.45) is 0 Å². The Morgan fingerprint density at radius 2 is 1.83 bits per heavy atom. The van der Waals surface area contributed by atoms with Crippen molar-refractivity contribution in [2.75, 3.05) is 39.4 Å². The summed E-state index contributed by atoms with van der Waals surface area (Å²) < 4.78 is 5.50. The number of nitrogens with one attached hydrogen (secondary N) is 1. The molecule has 1 aromatic carbocycles. The van der Waals surface area contributed by atoms with E-state index in [0.717, 1.165) is 37.9 Å². The molecule has 2 aliphatic heterocycles. The summed E-state index contributed by atoms with van der Waals surface area (Å²) in [4.78, 5) is 15.4. The second-order valence-electron chi connectivity index (χ2n) is 6.72. The Bertz CT molecular complexity index is 491. The summed E-state index contributed by atoms with van der Waals surface area (Å²) in [7, 11) is 0. The van der Waals surface area contributed by atoms with Gasteiger partial charge in [-0.1, -0.05) is 30.3 Å². The number of hydrogen-bond acceptors (Lipinski definition) is 3. The largest absolute Gasteiger partial charge is 0.381 e. The Hall–Kier alpha value is -1.39. The van der Waals surface area contributed by atoms with Gasteiger partial charge in [-0.25, -0.2) is 0 Å². The number of ether oxygens (including phenoxy) is 1. The fourth-order valence-corrected chi connectivity index (χ4v) is 3.80. The van der Waals surface area contributed by atoms with E-state index in [2.05, 4.69) is 22.3 Å². The molecule has 1 aromatic rings. The average Bonchev–Trinajstić information content (AvgIpc) is 3.13. The predicted octanol–water partition coefficient (Wildman–Crippen LogP) is 2.34. The molecule has 4 nitrogen and oxygen atoms in total.